The summed E-state index contributed by atoms with van der Waals surface area (Å²) in [6, 6.07) is 5.28. The lowest BCUT2D eigenvalue weighted by Crippen LogP contribution is -2.27. The number of halogens is 4. The molecular weight excluding hydrogens is 484 g/mol. The van der Waals surface area contributed by atoms with Crippen molar-refractivity contribution in [1.82, 2.24) is 15.3 Å². The Balaban J connectivity index is 1.24. The van der Waals surface area contributed by atoms with Crippen molar-refractivity contribution in [3.05, 3.63) is 58.0 Å². The summed E-state index contributed by atoms with van der Waals surface area (Å²) in [5, 5.41) is 5.10. The monoisotopic (exact) mass is 508 g/mol. The van der Waals surface area contributed by atoms with Crippen LogP contribution in [0.3, 0.4) is 0 Å². The molecule has 1 saturated carbocycles. The minimum Gasteiger partial charge on any atom is -0.351 e. The van der Waals surface area contributed by atoms with Gasteiger partial charge in [0, 0.05) is 12.2 Å². The summed E-state index contributed by atoms with van der Waals surface area (Å²) in [6.45, 7) is 0. The van der Waals surface area contributed by atoms with Gasteiger partial charge in [-0.1, -0.05) is 18.6 Å². The molecule has 1 aromatic heterocycles. The Morgan fingerprint density at radius 1 is 1.14 bits per heavy atom. The Morgan fingerprint density at radius 2 is 1.91 bits per heavy atom. The zero-order valence-electron chi connectivity index (χ0n) is 18.7. The normalized spacial score (nSPS) is 21.9. The molecular formula is C24H24F4N4O2S. The van der Waals surface area contributed by atoms with E-state index in [0.717, 1.165) is 49.9 Å². The van der Waals surface area contributed by atoms with E-state index in [0.29, 0.717) is 24.0 Å². The van der Waals surface area contributed by atoms with Gasteiger partial charge in [0.1, 0.15) is 5.82 Å². The van der Waals surface area contributed by atoms with Gasteiger partial charge < -0.3 is 5.32 Å². The van der Waals surface area contributed by atoms with Crippen LogP contribution in [0.25, 0.3) is 6.08 Å². The molecule has 2 aromatic rings. The fourth-order valence-electron chi connectivity index (χ4n) is 4.43. The minimum absolute atomic E-state index is 0.111. The molecule has 1 saturated heterocycles. The molecule has 2 N–H and O–H groups in total. The molecule has 0 unspecified atom stereocenters. The van der Waals surface area contributed by atoms with Gasteiger partial charge in [0.15, 0.2) is 0 Å². The summed E-state index contributed by atoms with van der Waals surface area (Å²) < 4.78 is 52.9. The minimum atomic E-state index is -4.69. The molecule has 1 aromatic carbocycles. The molecule has 1 aliphatic heterocycles. The van der Waals surface area contributed by atoms with E-state index in [4.69, 9.17) is 0 Å². The highest BCUT2D eigenvalue weighted by Crippen LogP contribution is 2.34. The van der Waals surface area contributed by atoms with Gasteiger partial charge in [-0.15, -0.1) is 0 Å². The Bertz CT molecular complexity index is 1130. The second kappa shape index (κ2) is 10.8. The number of thioether (sulfide) groups is 1. The first kappa shape index (κ1) is 25.2. The molecule has 2 heterocycles. The van der Waals surface area contributed by atoms with Crippen LogP contribution in [0.1, 0.15) is 55.3 Å². The number of amides is 2. The van der Waals surface area contributed by atoms with Crippen LogP contribution in [-0.2, 0) is 17.4 Å². The van der Waals surface area contributed by atoms with Gasteiger partial charge in [-0.3, -0.25) is 14.9 Å². The molecule has 2 amide bonds. The average Bonchev–Trinajstić information content (AvgIpc) is 3.12. The maximum atomic E-state index is 14.2. The number of hydrogen-bond donors (Lipinski definition) is 2. The van der Waals surface area contributed by atoms with Crippen molar-refractivity contribution in [2.45, 2.75) is 57.2 Å². The Morgan fingerprint density at radius 3 is 2.60 bits per heavy atom. The van der Waals surface area contributed by atoms with E-state index in [1.165, 1.54) is 12.1 Å². The van der Waals surface area contributed by atoms with Gasteiger partial charge in [0.2, 0.25) is 5.95 Å². The number of nitrogens with zero attached hydrogens (tertiary/aromatic N) is 2. The van der Waals surface area contributed by atoms with Crippen LogP contribution in [0.4, 0.5) is 28.3 Å². The van der Waals surface area contributed by atoms with Gasteiger partial charge in [-0.2, -0.15) is 13.2 Å². The molecule has 1 aliphatic carbocycles. The van der Waals surface area contributed by atoms with E-state index in [-0.39, 0.29) is 22.9 Å². The highest BCUT2D eigenvalue weighted by molar-refractivity contribution is 8.18. The number of hydrogen-bond acceptors (Lipinski definition) is 6. The Kier molecular flexibility index (Phi) is 7.73. The largest absolute Gasteiger partial charge is 0.419 e. The molecule has 6 nitrogen and oxygen atoms in total. The van der Waals surface area contributed by atoms with Gasteiger partial charge in [0.05, 0.1) is 16.2 Å². The fraction of sp³-hybridized carbons (Fsp3) is 0.417. The summed E-state index contributed by atoms with van der Waals surface area (Å²) in [4.78, 5) is 31.9. The first-order chi connectivity index (χ1) is 16.7. The van der Waals surface area contributed by atoms with Gasteiger partial charge >= 0.3 is 6.18 Å². The number of imide groups is 1. The number of aromatic nitrogens is 2. The maximum Gasteiger partial charge on any atom is 0.419 e. The number of aryl methyl sites for hydroxylation is 1. The zero-order chi connectivity index (χ0) is 25.0. The zero-order valence-corrected chi connectivity index (χ0v) is 19.5. The smallest absolute Gasteiger partial charge is 0.351 e. The molecule has 2 fully saturated rings. The maximum absolute atomic E-state index is 14.2. The van der Waals surface area contributed by atoms with E-state index in [1.807, 2.05) is 0 Å². The lowest BCUT2D eigenvalue weighted by molar-refractivity contribution is -0.140. The highest BCUT2D eigenvalue weighted by Gasteiger charge is 2.34. The molecule has 35 heavy (non-hydrogen) atoms. The van der Waals surface area contributed by atoms with Gasteiger partial charge in [-0.05, 0) is 80.0 Å². The first-order valence-corrected chi connectivity index (χ1v) is 12.2. The number of anilines is 1. The number of alkyl halides is 3. The van der Waals surface area contributed by atoms with Gasteiger partial charge in [-0.25, -0.2) is 14.4 Å². The third-order valence-electron chi connectivity index (χ3n) is 6.22. The van der Waals surface area contributed by atoms with Crippen molar-refractivity contribution >= 4 is 34.9 Å². The van der Waals surface area contributed by atoms with E-state index in [2.05, 4.69) is 20.6 Å². The summed E-state index contributed by atoms with van der Waals surface area (Å²) in [7, 11) is 0. The predicted octanol–water partition coefficient (Wildman–Crippen LogP) is 5.95. The molecule has 11 heteroatoms. The summed E-state index contributed by atoms with van der Waals surface area (Å²) >= 11 is 0.828. The topological polar surface area (TPSA) is 84.0 Å². The van der Waals surface area contributed by atoms with E-state index in [9.17, 15) is 27.2 Å². The van der Waals surface area contributed by atoms with E-state index >= 15 is 0 Å². The number of carbonyl (C=O) groups excluding carboxylic acids is 2. The van der Waals surface area contributed by atoms with Crippen LogP contribution in [0, 0.1) is 11.7 Å². The molecule has 186 valence electrons. The first-order valence-electron chi connectivity index (χ1n) is 11.4. The van der Waals surface area contributed by atoms with Crippen molar-refractivity contribution in [3.8, 4) is 0 Å². The third-order valence-corrected chi connectivity index (χ3v) is 7.03. The lowest BCUT2D eigenvalue weighted by Gasteiger charge is -2.29. The quantitative estimate of drug-likeness (QED) is 0.355. The third kappa shape index (κ3) is 6.59. The number of carbonyl (C=O) groups is 2. The molecule has 0 atom stereocenters. The average molecular weight is 509 g/mol. The molecule has 0 radical (unpaired) electrons. The van der Waals surface area contributed by atoms with Crippen molar-refractivity contribution in [2.24, 2.45) is 5.92 Å². The second-order valence-electron chi connectivity index (χ2n) is 8.69. The van der Waals surface area contributed by atoms with Crippen LogP contribution in [0.15, 0.2) is 35.4 Å². The SMILES string of the molecule is O=C1NC(=O)/C(=C/c2ccnc(NC3CCC(CCCc4cccc(C(F)(F)F)c4F)CC3)n2)S1. The van der Waals surface area contributed by atoms with Crippen LogP contribution in [0.2, 0.25) is 0 Å². The van der Waals surface area contributed by atoms with Crippen LogP contribution >= 0.6 is 11.8 Å². The Hall–Kier alpha value is -2.95. The highest BCUT2D eigenvalue weighted by atomic mass is 32.2. The lowest BCUT2D eigenvalue weighted by atomic mass is 9.83. The van der Waals surface area contributed by atoms with Crippen molar-refractivity contribution in [2.75, 3.05) is 5.32 Å². The molecule has 4 rings (SSSR count). The molecule has 2 aliphatic rings. The predicted molar refractivity (Wildman–Crippen MR) is 125 cm³/mol. The van der Waals surface area contributed by atoms with Crippen LogP contribution < -0.4 is 10.6 Å². The fourth-order valence-corrected chi connectivity index (χ4v) is 5.10. The summed E-state index contributed by atoms with van der Waals surface area (Å²) in [5.74, 6) is -0.723. The second-order valence-corrected chi connectivity index (χ2v) is 9.70. The number of benzene rings is 1. The summed E-state index contributed by atoms with van der Waals surface area (Å²) in [6.07, 6.45) is 3.88. The van der Waals surface area contributed by atoms with E-state index < -0.39 is 28.7 Å². The van der Waals surface area contributed by atoms with Crippen LogP contribution in [-0.4, -0.2) is 27.2 Å². The molecule has 0 spiro atoms. The summed E-state index contributed by atoms with van der Waals surface area (Å²) in [5.41, 5.74) is -0.576. The number of nitrogens with one attached hydrogen (secondary N) is 2. The Labute approximate surface area is 204 Å². The van der Waals surface area contributed by atoms with Crippen molar-refractivity contribution in [3.63, 3.8) is 0 Å². The molecule has 0 bridgehead atoms. The van der Waals surface area contributed by atoms with Crippen molar-refractivity contribution < 1.29 is 27.2 Å². The standard InChI is InChI=1S/C24H24F4N4O2S/c25-20-15(5-2-6-18(20)24(26,27)28)4-1-3-14-7-9-16(10-8-14)30-22-29-12-11-17(31-22)13-19-21(33)32-23(34)35-19/h2,5-6,11-14,16H,1,3-4,7-10H2,(H,29,30,31)(H,32,33,34)/b19-13-. The van der Waals surface area contributed by atoms with Gasteiger partial charge in [0.25, 0.3) is 11.1 Å². The van der Waals surface area contributed by atoms with E-state index in [1.54, 1.807) is 18.3 Å². The number of rotatable bonds is 7. The van der Waals surface area contributed by atoms with Crippen LogP contribution in [0.5, 0.6) is 0 Å². The van der Waals surface area contributed by atoms with Crippen molar-refractivity contribution in [1.29, 1.82) is 0 Å².